The maximum Gasteiger partial charge on any atom is 3.00 e. The van der Waals surface area contributed by atoms with Crippen LogP contribution in [0.25, 0.3) is 0 Å². The SMILES string of the molecule is O=S(=O)(O)c1cc2c(O)c(c1)Sc1cc(S(=O)(=O)O)cc(c1O)Sc1cc(S(=O)(=O)O)cc(c1O)Sc1cc(S(=O)(=O)O)cc(c1O)S2.[Fe+3].[Na+].[Na+].[Na+].[Na+]. The van der Waals surface area contributed by atoms with E-state index >= 15 is 0 Å². The van der Waals surface area contributed by atoms with Crippen molar-refractivity contribution in [2.45, 2.75) is 58.7 Å². The van der Waals surface area contributed by atoms with E-state index in [2.05, 4.69) is 0 Å². The second kappa shape index (κ2) is 20.3. The molecule has 1 heterocycles. The van der Waals surface area contributed by atoms with Gasteiger partial charge in [0.15, 0.2) is 0 Å². The van der Waals surface area contributed by atoms with Gasteiger partial charge < -0.3 is 20.4 Å². The summed E-state index contributed by atoms with van der Waals surface area (Å²) in [5.74, 6) is -3.16. The maximum absolute atomic E-state index is 12.2. The smallest absolute Gasteiger partial charge is 0.506 e. The van der Waals surface area contributed by atoms with Gasteiger partial charge in [0.2, 0.25) is 0 Å². The first-order valence-electron chi connectivity index (χ1n) is 12.0. The van der Waals surface area contributed by atoms with Gasteiger partial charge in [-0.05, 0) is 48.5 Å². The molecule has 0 aliphatic carbocycles. The molecule has 8 N–H and O–H groups in total. The van der Waals surface area contributed by atoms with E-state index in [-0.39, 0.29) is 135 Å². The number of aromatic hydroxyl groups is 4. The predicted molar refractivity (Wildman–Crippen MR) is 168 cm³/mol. The average molecular weight is 965 g/mol. The molecule has 1 radical (unpaired) electrons. The van der Waals surface area contributed by atoms with Crippen LogP contribution in [0.15, 0.2) is 107 Å². The molecule has 0 unspecified atom stereocenters. The first-order chi connectivity index (χ1) is 21.9. The molecular formula is C24H16FeNa4O16S8+7. The molecule has 0 atom stereocenters. The predicted octanol–water partition coefficient (Wildman–Crippen LogP) is -7.57. The van der Waals surface area contributed by atoms with E-state index in [0.717, 1.165) is 48.5 Å². The van der Waals surface area contributed by atoms with Gasteiger partial charge in [-0.1, -0.05) is 47.0 Å². The fraction of sp³-hybridized carbons (Fsp3) is 0. The first kappa shape index (κ1) is 54.6. The summed E-state index contributed by atoms with van der Waals surface area (Å²) >= 11 is 1.24. The number of hydrogen-bond acceptors (Lipinski definition) is 16. The van der Waals surface area contributed by atoms with Gasteiger partial charge in [-0.15, -0.1) is 0 Å². The van der Waals surface area contributed by atoms with Gasteiger partial charge in [0.25, 0.3) is 40.5 Å². The van der Waals surface area contributed by atoms with Crippen molar-refractivity contribution in [3.8, 4) is 23.0 Å². The Morgan fingerprint density at radius 3 is 0.528 bits per heavy atom. The molecule has 4 aromatic carbocycles. The van der Waals surface area contributed by atoms with Gasteiger partial charge in [-0.2, -0.15) is 33.7 Å². The molecule has 0 spiro atoms. The van der Waals surface area contributed by atoms with Gasteiger partial charge in [0.05, 0.1) is 58.7 Å². The Balaban J connectivity index is 0.00000541. The fourth-order valence-electron chi connectivity index (χ4n) is 3.92. The van der Waals surface area contributed by atoms with E-state index in [1.165, 1.54) is 0 Å². The number of fused-ring (bicyclic) bond motifs is 8. The molecule has 0 fully saturated rings. The van der Waals surface area contributed by atoms with Crippen LogP contribution < -0.4 is 118 Å². The standard InChI is InChI=1S/C24H16O16S8.Fe.4Na/c25-21-13-1-9(45(29,30)31)2-14(21)42-17-5-11(47(35,36)37)6-18(23(17)27)44-20-8-12(48(38,39)40)7-19(24(20)28)43-16-4-10(46(32,33)34)3-15(41-13)22(16)26;;;;;/h1-8,25-28H,(H,29,30,31)(H,32,33,34)(H,35,36,37)(H,38,39,40);;;;;/q;+3;4*+1. The normalized spacial score (nSPS) is 12.8. The third-order valence-corrected chi connectivity index (χ3v) is 13.7. The largest absolute Gasteiger partial charge is 3.00 e. The Bertz CT molecular complexity index is 2080. The summed E-state index contributed by atoms with van der Waals surface area (Å²) in [4.78, 5) is -7.23. The van der Waals surface area contributed by atoms with E-state index in [1.807, 2.05) is 0 Å². The summed E-state index contributed by atoms with van der Waals surface area (Å²) in [5, 5.41) is 44.6. The number of hydrogen-bond donors (Lipinski definition) is 8. The molecule has 0 amide bonds. The number of phenols is 4. The molecule has 53 heavy (non-hydrogen) atoms. The molecule has 0 aromatic heterocycles. The Labute approximate surface area is 418 Å². The van der Waals surface area contributed by atoms with Gasteiger partial charge in [0.1, 0.15) is 23.0 Å². The van der Waals surface area contributed by atoms with Crippen molar-refractivity contribution < 1.29 is 208 Å². The van der Waals surface area contributed by atoms with E-state index in [4.69, 9.17) is 0 Å². The van der Waals surface area contributed by atoms with Crippen LogP contribution in [-0.2, 0) is 57.5 Å². The minimum Gasteiger partial charge on any atom is -0.506 e. The zero-order chi connectivity index (χ0) is 35.7. The number of rotatable bonds is 4. The first-order valence-corrected chi connectivity index (χ1v) is 21.1. The minimum atomic E-state index is -5.05. The molecule has 261 valence electrons. The van der Waals surface area contributed by atoms with E-state index in [9.17, 15) is 72.3 Å². The van der Waals surface area contributed by atoms with Crippen molar-refractivity contribution in [1.29, 1.82) is 0 Å². The van der Waals surface area contributed by atoms with Crippen LogP contribution in [0.5, 0.6) is 23.0 Å². The van der Waals surface area contributed by atoms with Crippen molar-refractivity contribution in [2.75, 3.05) is 0 Å². The summed E-state index contributed by atoms with van der Waals surface area (Å²) in [5.41, 5.74) is 0. The van der Waals surface area contributed by atoms with Gasteiger partial charge in [0, 0.05) is 0 Å². The maximum atomic E-state index is 12.2. The monoisotopic (exact) mass is 964 g/mol. The second-order valence-electron chi connectivity index (χ2n) is 9.38. The Kier molecular flexibility index (Phi) is 20.9. The summed E-state index contributed by atoms with van der Waals surface area (Å²) in [6.07, 6.45) is 0. The number of benzene rings is 4. The van der Waals surface area contributed by atoms with Crippen LogP contribution in [0, 0.1) is 0 Å². The Morgan fingerprint density at radius 1 is 0.321 bits per heavy atom. The van der Waals surface area contributed by atoms with Crippen LogP contribution in [0.2, 0.25) is 0 Å². The molecule has 5 rings (SSSR count). The van der Waals surface area contributed by atoms with E-state index in [0.29, 0.717) is 47.0 Å². The molecule has 29 heteroatoms. The fourth-order valence-corrected chi connectivity index (χ4v) is 11.0. The molecule has 16 nitrogen and oxygen atoms in total. The van der Waals surface area contributed by atoms with Crippen molar-refractivity contribution in [1.82, 2.24) is 0 Å². The Morgan fingerprint density at radius 2 is 0.434 bits per heavy atom. The van der Waals surface area contributed by atoms with E-state index in [1.54, 1.807) is 0 Å². The summed E-state index contributed by atoms with van der Waals surface area (Å²) < 4.78 is 137. The van der Waals surface area contributed by atoms with Gasteiger partial charge >= 0.3 is 135 Å². The van der Waals surface area contributed by atoms with Gasteiger partial charge in [-0.3, -0.25) is 18.2 Å². The van der Waals surface area contributed by atoms with Crippen molar-refractivity contribution in [3.63, 3.8) is 0 Å². The second-order valence-corrected chi connectivity index (χ2v) is 19.4. The topological polar surface area (TPSA) is 298 Å². The number of phenolic OH excluding ortho intramolecular Hbond substituents is 4. The van der Waals surface area contributed by atoms with E-state index < -0.39 is 122 Å². The third-order valence-electron chi connectivity index (χ3n) is 6.13. The van der Waals surface area contributed by atoms with Gasteiger partial charge in [-0.25, -0.2) is 0 Å². The van der Waals surface area contributed by atoms with Crippen LogP contribution in [0.1, 0.15) is 0 Å². The van der Waals surface area contributed by atoms with Crippen LogP contribution in [0.4, 0.5) is 0 Å². The molecule has 1 aliphatic heterocycles. The molecule has 4 aromatic rings. The zero-order valence-electron chi connectivity index (χ0n) is 27.1. The zero-order valence-corrected chi connectivity index (χ0v) is 42.7. The van der Waals surface area contributed by atoms with Crippen LogP contribution >= 0.6 is 47.0 Å². The third kappa shape index (κ3) is 12.8. The summed E-state index contributed by atoms with van der Waals surface area (Å²) in [6, 6.07) is 5.76. The van der Waals surface area contributed by atoms with Crippen molar-refractivity contribution in [2.24, 2.45) is 0 Å². The minimum absolute atomic E-state index is 0. The van der Waals surface area contributed by atoms with Crippen LogP contribution in [-0.4, -0.2) is 72.3 Å². The molecule has 1 aliphatic rings. The Hall–Kier alpha value is 1.64. The summed E-state index contributed by atoms with van der Waals surface area (Å²) in [6.45, 7) is 0. The quantitative estimate of drug-likeness (QED) is 0.0613. The average Bonchev–Trinajstić information content (AvgIpc) is 2.93. The molecule has 0 saturated heterocycles. The molecular weight excluding hydrogens is 949 g/mol. The van der Waals surface area contributed by atoms with Crippen LogP contribution in [0.3, 0.4) is 0 Å². The van der Waals surface area contributed by atoms with Crippen molar-refractivity contribution in [3.05, 3.63) is 48.5 Å². The van der Waals surface area contributed by atoms with Crippen molar-refractivity contribution >= 4 is 87.5 Å². The summed E-state index contributed by atoms with van der Waals surface area (Å²) in [7, 11) is -20.2. The molecule has 8 bridgehead atoms. The molecule has 0 saturated carbocycles.